The number of rotatable bonds is 5. The van der Waals surface area contributed by atoms with Crippen molar-refractivity contribution in [3.05, 3.63) is 23.8 Å². The summed E-state index contributed by atoms with van der Waals surface area (Å²) in [7, 11) is 3.43. The molecule has 2 rings (SSSR count). The van der Waals surface area contributed by atoms with Crippen molar-refractivity contribution in [2.75, 3.05) is 14.2 Å². The van der Waals surface area contributed by atoms with Gasteiger partial charge >= 0.3 is 0 Å². The monoisotopic (exact) mass is 291 g/mol. The first-order valence-corrected chi connectivity index (χ1v) is 8.04. The fourth-order valence-electron chi connectivity index (χ4n) is 3.41. The lowest BCUT2D eigenvalue weighted by Crippen LogP contribution is -2.41. The van der Waals surface area contributed by atoms with Crippen LogP contribution in [0.2, 0.25) is 0 Å². The Bertz CT molecular complexity index is 461. The van der Waals surface area contributed by atoms with Gasteiger partial charge in [0.25, 0.3) is 0 Å². The highest BCUT2D eigenvalue weighted by molar-refractivity contribution is 5.42. The first-order valence-electron chi connectivity index (χ1n) is 8.04. The third-order valence-corrected chi connectivity index (χ3v) is 5.07. The van der Waals surface area contributed by atoms with Crippen molar-refractivity contribution in [3.63, 3.8) is 0 Å². The molecule has 0 heterocycles. The molecule has 1 aromatic rings. The van der Waals surface area contributed by atoms with Crippen LogP contribution in [-0.4, -0.2) is 20.3 Å². The van der Waals surface area contributed by atoms with Gasteiger partial charge < -0.3 is 14.8 Å². The van der Waals surface area contributed by atoms with Crippen LogP contribution in [0.3, 0.4) is 0 Å². The van der Waals surface area contributed by atoms with E-state index < -0.39 is 0 Å². The molecule has 0 amide bonds. The van der Waals surface area contributed by atoms with Gasteiger partial charge in [0.05, 0.1) is 14.2 Å². The number of methoxy groups -OCH3 is 2. The summed E-state index contributed by atoms with van der Waals surface area (Å²) >= 11 is 0. The van der Waals surface area contributed by atoms with E-state index in [9.17, 15) is 0 Å². The van der Waals surface area contributed by atoms with E-state index in [0.717, 1.165) is 23.3 Å². The smallest absolute Gasteiger partial charge is 0.123 e. The van der Waals surface area contributed by atoms with Gasteiger partial charge in [-0.2, -0.15) is 0 Å². The highest BCUT2D eigenvalue weighted by atomic mass is 16.5. The molecule has 4 unspecified atom stereocenters. The summed E-state index contributed by atoms with van der Waals surface area (Å²) in [4.78, 5) is 0. The Morgan fingerprint density at radius 2 is 1.90 bits per heavy atom. The molecule has 1 aliphatic rings. The number of ether oxygens (including phenoxy) is 2. The molecule has 1 saturated carbocycles. The van der Waals surface area contributed by atoms with Crippen molar-refractivity contribution in [2.24, 2.45) is 11.8 Å². The minimum Gasteiger partial charge on any atom is -0.497 e. The molecule has 0 bridgehead atoms. The number of benzene rings is 1. The number of hydrogen-bond acceptors (Lipinski definition) is 3. The summed E-state index contributed by atoms with van der Waals surface area (Å²) in [5.41, 5.74) is 1.17. The van der Waals surface area contributed by atoms with Gasteiger partial charge in [-0.05, 0) is 43.4 Å². The Balaban J connectivity index is 2.13. The van der Waals surface area contributed by atoms with Crippen molar-refractivity contribution in [1.82, 2.24) is 5.32 Å². The van der Waals surface area contributed by atoms with Gasteiger partial charge in [0, 0.05) is 17.6 Å². The average Bonchev–Trinajstić information content (AvgIpc) is 2.51. The fourth-order valence-corrected chi connectivity index (χ4v) is 3.41. The predicted molar refractivity (Wildman–Crippen MR) is 87.1 cm³/mol. The molecule has 3 nitrogen and oxygen atoms in total. The Labute approximate surface area is 129 Å². The minimum absolute atomic E-state index is 0.257. The summed E-state index contributed by atoms with van der Waals surface area (Å²) in [5.74, 6) is 3.32. The van der Waals surface area contributed by atoms with Crippen molar-refractivity contribution in [1.29, 1.82) is 0 Å². The third kappa shape index (κ3) is 3.70. The molecule has 1 aromatic carbocycles. The normalized spacial score (nSPS) is 27.2. The molecule has 1 aliphatic carbocycles. The molecule has 21 heavy (non-hydrogen) atoms. The Morgan fingerprint density at radius 3 is 2.57 bits per heavy atom. The van der Waals surface area contributed by atoms with E-state index in [2.05, 4.69) is 32.2 Å². The second-order valence-electron chi connectivity index (χ2n) is 6.37. The van der Waals surface area contributed by atoms with Crippen LogP contribution < -0.4 is 14.8 Å². The topological polar surface area (TPSA) is 30.5 Å². The van der Waals surface area contributed by atoms with Crippen molar-refractivity contribution in [3.8, 4) is 11.5 Å². The molecule has 118 valence electrons. The maximum absolute atomic E-state index is 5.51. The quantitative estimate of drug-likeness (QED) is 0.883. The largest absolute Gasteiger partial charge is 0.497 e. The molecule has 0 aromatic heterocycles. The molecule has 0 aliphatic heterocycles. The van der Waals surface area contributed by atoms with Gasteiger partial charge in [-0.25, -0.2) is 0 Å². The second kappa shape index (κ2) is 7.17. The molecule has 1 fully saturated rings. The molecular weight excluding hydrogens is 262 g/mol. The summed E-state index contributed by atoms with van der Waals surface area (Å²) in [6.07, 6.45) is 3.95. The first-order chi connectivity index (χ1) is 10.1. The zero-order chi connectivity index (χ0) is 15.4. The summed E-state index contributed by atoms with van der Waals surface area (Å²) in [5, 5.41) is 3.81. The van der Waals surface area contributed by atoms with Crippen molar-refractivity contribution in [2.45, 2.75) is 52.1 Å². The highest BCUT2D eigenvalue weighted by Crippen LogP contribution is 2.33. The molecule has 1 N–H and O–H groups in total. The second-order valence-corrected chi connectivity index (χ2v) is 6.37. The molecule has 0 saturated heterocycles. The van der Waals surface area contributed by atoms with E-state index in [-0.39, 0.29) is 6.04 Å². The summed E-state index contributed by atoms with van der Waals surface area (Å²) in [6, 6.07) is 6.85. The Hall–Kier alpha value is -1.22. The maximum Gasteiger partial charge on any atom is 0.123 e. The molecular formula is C18H29NO2. The van der Waals surface area contributed by atoms with Gasteiger partial charge in [0.15, 0.2) is 0 Å². The highest BCUT2D eigenvalue weighted by Gasteiger charge is 2.28. The summed E-state index contributed by atoms with van der Waals surface area (Å²) in [6.45, 7) is 6.95. The van der Waals surface area contributed by atoms with Crippen LogP contribution in [0.5, 0.6) is 11.5 Å². The van der Waals surface area contributed by atoms with E-state index in [1.54, 1.807) is 14.2 Å². The van der Waals surface area contributed by atoms with Gasteiger partial charge in [-0.15, -0.1) is 0 Å². The van der Waals surface area contributed by atoms with Gasteiger partial charge in [0.2, 0.25) is 0 Å². The van der Waals surface area contributed by atoms with Gasteiger partial charge in [-0.3, -0.25) is 0 Å². The molecule has 0 spiro atoms. The standard InChI is InChI=1S/C18H29NO2/c1-12-7-6-8-17(13(12)2)19-14(3)16-11-15(20-4)9-10-18(16)21-5/h9-14,17,19H,6-8H2,1-5H3. The van der Waals surface area contributed by atoms with E-state index >= 15 is 0 Å². The SMILES string of the molecule is COc1ccc(OC)c(C(C)NC2CCCC(C)C2C)c1. The van der Waals surface area contributed by atoms with Gasteiger partial charge in [0.1, 0.15) is 11.5 Å². The number of nitrogens with one attached hydrogen (secondary N) is 1. The first kappa shape index (κ1) is 16.2. The fraction of sp³-hybridized carbons (Fsp3) is 0.667. The number of hydrogen-bond donors (Lipinski definition) is 1. The minimum atomic E-state index is 0.257. The van der Waals surface area contributed by atoms with Gasteiger partial charge in [-0.1, -0.05) is 26.7 Å². The lowest BCUT2D eigenvalue weighted by molar-refractivity contribution is 0.195. The Morgan fingerprint density at radius 1 is 1.14 bits per heavy atom. The molecule has 0 radical (unpaired) electrons. The maximum atomic E-state index is 5.51. The van der Waals surface area contributed by atoms with Crippen LogP contribution in [0.1, 0.15) is 51.6 Å². The van der Waals surface area contributed by atoms with Crippen LogP contribution in [-0.2, 0) is 0 Å². The third-order valence-electron chi connectivity index (χ3n) is 5.07. The lowest BCUT2D eigenvalue weighted by atomic mass is 9.77. The van der Waals surface area contributed by atoms with E-state index in [4.69, 9.17) is 9.47 Å². The molecule has 3 heteroatoms. The van der Waals surface area contributed by atoms with E-state index in [1.165, 1.54) is 24.8 Å². The Kier molecular flexibility index (Phi) is 5.51. The average molecular weight is 291 g/mol. The van der Waals surface area contributed by atoms with Crippen LogP contribution in [0.25, 0.3) is 0 Å². The van der Waals surface area contributed by atoms with E-state index in [0.29, 0.717) is 6.04 Å². The van der Waals surface area contributed by atoms with Crippen LogP contribution >= 0.6 is 0 Å². The summed E-state index contributed by atoms with van der Waals surface area (Å²) < 4.78 is 10.9. The van der Waals surface area contributed by atoms with E-state index in [1.807, 2.05) is 12.1 Å². The van der Waals surface area contributed by atoms with Crippen LogP contribution in [0.4, 0.5) is 0 Å². The van der Waals surface area contributed by atoms with Crippen LogP contribution in [0.15, 0.2) is 18.2 Å². The van der Waals surface area contributed by atoms with Crippen molar-refractivity contribution < 1.29 is 9.47 Å². The van der Waals surface area contributed by atoms with Crippen LogP contribution in [0, 0.1) is 11.8 Å². The zero-order valence-electron chi connectivity index (χ0n) is 14.0. The predicted octanol–water partition coefficient (Wildman–Crippen LogP) is 4.18. The lowest BCUT2D eigenvalue weighted by Gasteiger charge is -2.36. The molecule has 4 atom stereocenters. The zero-order valence-corrected chi connectivity index (χ0v) is 14.0. The van der Waals surface area contributed by atoms with Crippen molar-refractivity contribution >= 4 is 0 Å².